The zero-order valence-corrected chi connectivity index (χ0v) is 12.8. The molecule has 2 N–H and O–H groups in total. The summed E-state index contributed by atoms with van der Waals surface area (Å²) in [7, 11) is 2.93. The lowest BCUT2D eigenvalue weighted by Crippen LogP contribution is -2.34. The average Bonchev–Trinajstić information content (AvgIpc) is 2.59. The van der Waals surface area contributed by atoms with Crippen LogP contribution in [0.15, 0.2) is 48.5 Å². The summed E-state index contributed by atoms with van der Waals surface area (Å²) in [4.78, 5) is 23.8. The zero-order valence-electron chi connectivity index (χ0n) is 12.8. The molecule has 2 rings (SSSR count). The van der Waals surface area contributed by atoms with E-state index in [9.17, 15) is 14.7 Å². The van der Waals surface area contributed by atoms with Gasteiger partial charge in [-0.05, 0) is 24.3 Å². The van der Waals surface area contributed by atoms with Crippen LogP contribution in [0.4, 0.5) is 0 Å². The number of methoxy groups -OCH3 is 2. The Hall–Kier alpha value is -3.02. The molecule has 0 heterocycles. The molecular formula is C17H17NO5. The van der Waals surface area contributed by atoms with Gasteiger partial charge >= 0.3 is 5.97 Å². The van der Waals surface area contributed by atoms with Crippen LogP contribution in [0.25, 0.3) is 0 Å². The number of hydrogen-bond donors (Lipinski definition) is 2. The fraction of sp³-hybridized carbons (Fsp3) is 0.176. The third-order valence-corrected chi connectivity index (χ3v) is 3.31. The molecule has 0 saturated heterocycles. The van der Waals surface area contributed by atoms with E-state index in [2.05, 4.69) is 5.32 Å². The van der Waals surface area contributed by atoms with Gasteiger partial charge in [0, 0.05) is 17.2 Å². The summed E-state index contributed by atoms with van der Waals surface area (Å²) in [6.07, 6.45) is 0. The Bertz CT molecular complexity index is 699. The number of carboxylic acids is 1. The number of ether oxygens (including phenoxy) is 2. The Morgan fingerprint density at radius 2 is 1.74 bits per heavy atom. The van der Waals surface area contributed by atoms with Gasteiger partial charge in [-0.25, -0.2) is 4.79 Å². The predicted molar refractivity (Wildman–Crippen MR) is 83.8 cm³/mol. The van der Waals surface area contributed by atoms with Gasteiger partial charge in [0.05, 0.1) is 14.2 Å². The summed E-state index contributed by atoms with van der Waals surface area (Å²) in [5.74, 6) is -0.803. The Morgan fingerprint density at radius 3 is 2.30 bits per heavy atom. The third-order valence-electron chi connectivity index (χ3n) is 3.31. The first-order chi connectivity index (χ1) is 11.1. The topological polar surface area (TPSA) is 84.9 Å². The lowest BCUT2D eigenvalue weighted by molar-refractivity contribution is -0.139. The van der Waals surface area contributed by atoms with Crippen LogP contribution in [0, 0.1) is 0 Å². The van der Waals surface area contributed by atoms with Gasteiger partial charge in [0.2, 0.25) is 0 Å². The summed E-state index contributed by atoms with van der Waals surface area (Å²) < 4.78 is 10.3. The molecule has 2 aromatic carbocycles. The van der Waals surface area contributed by atoms with E-state index in [0.717, 1.165) is 0 Å². The van der Waals surface area contributed by atoms with Crippen LogP contribution in [0.3, 0.4) is 0 Å². The van der Waals surface area contributed by atoms with Gasteiger partial charge in [-0.15, -0.1) is 0 Å². The van der Waals surface area contributed by atoms with Crippen molar-refractivity contribution in [2.24, 2.45) is 0 Å². The maximum atomic E-state index is 12.2. The van der Waals surface area contributed by atoms with Gasteiger partial charge in [0.15, 0.2) is 6.04 Å². The second-order valence-electron chi connectivity index (χ2n) is 4.72. The number of nitrogens with one attached hydrogen (secondary N) is 1. The number of amides is 1. The van der Waals surface area contributed by atoms with Crippen LogP contribution in [0.5, 0.6) is 11.5 Å². The number of carbonyl (C=O) groups excluding carboxylic acids is 1. The normalized spacial score (nSPS) is 11.4. The first-order valence-corrected chi connectivity index (χ1v) is 6.87. The van der Waals surface area contributed by atoms with E-state index in [1.54, 1.807) is 48.5 Å². The van der Waals surface area contributed by atoms with Crippen molar-refractivity contribution < 1.29 is 24.2 Å². The average molecular weight is 315 g/mol. The Morgan fingerprint density at radius 1 is 1.04 bits per heavy atom. The molecule has 0 bridgehead atoms. The lowest BCUT2D eigenvalue weighted by atomic mass is 10.0. The summed E-state index contributed by atoms with van der Waals surface area (Å²) in [5.41, 5.74) is 0.719. The number of carboxylic acid groups (broad SMARTS) is 1. The van der Waals surface area contributed by atoms with Crippen molar-refractivity contribution in [2.45, 2.75) is 6.04 Å². The van der Waals surface area contributed by atoms with Crippen molar-refractivity contribution >= 4 is 11.9 Å². The minimum atomic E-state index is -1.23. The van der Waals surface area contributed by atoms with E-state index in [0.29, 0.717) is 22.6 Å². The van der Waals surface area contributed by atoms with E-state index < -0.39 is 17.9 Å². The van der Waals surface area contributed by atoms with E-state index in [-0.39, 0.29) is 0 Å². The molecule has 1 amide bonds. The van der Waals surface area contributed by atoms with Crippen LogP contribution in [-0.2, 0) is 4.79 Å². The first-order valence-electron chi connectivity index (χ1n) is 6.87. The van der Waals surface area contributed by atoms with Crippen molar-refractivity contribution in [2.75, 3.05) is 14.2 Å². The van der Waals surface area contributed by atoms with E-state index in [1.807, 2.05) is 0 Å². The molecule has 0 aliphatic heterocycles. The standard InChI is InChI=1S/C17H17NO5/c1-22-12-8-9-13(14(10-12)23-2)15(17(20)21)18-16(19)11-6-4-3-5-7-11/h3-10,15H,1-2H3,(H,18,19)(H,20,21). The lowest BCUT2D eigenvalue weighted by Gasteiger charge is -2.18. The molecule has 6 nitrogen and oxygen atoms in total. The Kier molecular flexibility index (Phi) is 5.19. The molecule has 0 aromatic heterocycles. The van der Waals surface area contributed by atoms with Crippen molar-refractivity contribution in [1.82, 2.24) is 5.32 Å². The molecule has 0 aliphatic carbocycles. The van der Waals surface area contributed by atoms with Gasteiger partial charge in [-0.2, -0.15) is 0 Å². The summed E-state index contributed by atoms with van der Waals surface area (Å²) in [6, 6.07) is 11.9. The molecule has 0 saturated carbocycles. The number of hydrogen-bond acceptors (Lipinski definition) is 4. The van der Waals surface area contributed by atoms with Gasteiger partial charge in [0.1, 0.15) is 11.5 Å². The van der Waals surface area contributed by atoms with Gasteiger partial charge in [0.25, 0.3) is 5.91 Å². The summed E-state index contributed by atoms with van der Waals surface area (Å²) in [6.45, 7) is 0. The quantitative estimate of drug-likeness (QED) is 0.854. The van der Waals surface area contributed by atoms with E-state index >= 15 is 0 Å². The molecule has 0 fully saturated rings. The van der Waals surface area contributed by atoms with Gasteiger partial charge in [-0.3, -0.25) is 4.79 Å². The van der Waals surface area contributed by atoms with Crippen molar-refractivity contribution in [3.8, 4) is 11.5 Å². The maximum Gasteiger partial charge on any atom is 0.331 e. The third kappa shape index (κ3) is 3.79. The van der Waals surface area contributed by atoms with Gasteiger partial charge in [-0.1, -0.05) is 18.2 Å². The largest absolute Gasteiger partial charge is 0.497 e. The molecule has 0 radical (unpaired) electrons. The summed E-state index contributed by atoms with van der Waals surface area (Å²) >= 11 is 0. The van der Waals surface area contributed by atoms with E-state index in [4.69, 9.17) is 9.47 Å². The smallest absolute Gasteiger partial charge is 0.331 e. The molecule has 23 heavy (non-hydrogen) atoms. The Labute approximate surface area is 133 Å². The molecule has 120 valence electrons. The van der Waals surface area contributed by atoms with Crippen LogP contribution < -0.4 is 14.8 Å². The van der Waals surface area contributed by atoms with Gasteiger partial charge < -0.3 is 19.9 Å². The second-order valence-corrected chi connectivity index (χ2v) is 4.72. The van der Waals surface area contributed by atoms with Crippen LogP contribution >= 0.6 is 0 Å². The molecule has 0 spiro atoms. The Balaban J connectivity index is 2.32. The van der Waals surface area contributed by atoms with Crippen LogP contribution in [0.2, 0.25) is 0 Å². The molecule has 0 aliphatic rings. The highest BCUT2D eigenvalue weighted by Crippen LogP contribution is 2.30. The fourth-order valence-corrected chi connectivity index (χ4v) is 2.13. The highest BCUT2D eigenvalue weighted by Gasteiger charge is 2.26. The first kappa shape index (κ1) is 16.4. The molecule has 1 unspecified atom stereocenters. The molecule has 1 atom stereocenters. The predicted octanol–water partition coefficient (Wildman–Crippen LogP) is 2.26. The molecule has 6 heteroatoms. The second kappa shape index (κ2) is 7.31. The maximum absolute atomic E-state index is 12.2. The van der Waals surface area contributed by atoms with Crippen molar-refractivity contribution in [1.29, 1.82) is 0 Å². The monoisotopic (exact) mass is 315 g/mol. The highest BCUT2D eigenvalue weighted by molar-refractivity contribution is 5.96. The number of rotatable bonds is 6. The number of aliphatic carboxylic acids is 1. The minimum absolute atomic E-state index is 0.324. The summed E-state index contributed by atoms with van der Waals surface area (Å²) in [5, 5.41) is 12.0. The van der Waals surface area contributed by atoms with Crippen LogP contribution in [-0.4, -0.2) is 31.2 Å². The highest BCUT2D eigenvalue weighted by atomic mass is 16.5. The number of carbonyl (C=O) groups is 2. The number of benzene rings is 2. The molecule has 2 aromatic rings. The SMILES string of the molecule is COc1ccc(C(NC(=O)c2ccccc2)C(=O)O)c(OC)c1. The van der Waals surface area contributed by atoms with Crippen molar-refractivity contribution in [3.63, 3.8) is 0 Å². The molecular weight excluding hydrogens is 298 g/mol. The fourth-order valence-electron chi connectivity index (χ4n) is 2.13. The minimum Gasteiger partial charge on any atom is -0.497 e. The zero-order chi connectivity index (χ0) is 16.8. The van der Waals surface area contributed by atoms with E-state index in [1.165, 1.54) is 14.2 Å². The van der Waals surface area contributed by atoms with Crippen molar-refractivity contribution in [3.05, 3.63) is 59.7 Å². The van der Waals surface area contributed by atoms with Crippen LogP contribution in [0.1, 0.15) is 22.0 Å².